The Balaban J connectivity index is 1.25. The van der Waals surface area contributed by atoms with Crippen LogP contribution in [0, 0.1) is 11.3 Å². The zero-order valence-corrected chi connectivity index (χ0v) is 32.8. The molecule has 290 valence electrons. The summed E-state index contributed by atoms with van der Waals surface area (Å²) in [5.41, 5.74) is 1.98. The van der Waals surface area contributed by atoms with E-state index < -0.39 is 52.6 Å². The molecule has 1 aromatic rings. The van der Waals surface area contributed by atoms with Crippen molar-refractivity contribution in [2.75, 3.05) is 25.0 Å². The van der Waals surface area contributed by atoms with E-state index in [0.29, 0.717) is 30.0 Å². The number of carbonyl (C=O) groups excluding carboxylic acids is 5. The first kappa shape index (κ1) is 39.0. The largest absolute Gasteiger partial charge is 0.387 e. The van der Waals surface area contributed by atoms with E-state index in [4.69, 9.17) is 16.4 Å². The molecule has 13 heteroatoms. The number of likely N-dealkylation sites (tertiary alicyclic amines) is 1. The van der Waals surface area contributed by atoms with E-state index in [-0.39, 0.29) is 37.3 Å². The van der Waals surface area contributed by atoms with Crippen LogP contribution in [0.4, 0.5) is 5.69 Å². The second-order valence-electron chi connectivity index (χ2n) is 17.2. The van der Waals surface area contributed by atoms with Crippen molar-refractivity contribution in [1.82, 2.24) is 20.9 Å². The number of halogens is 1. The predicted octanol–water partition coefficient (Wildman–Crippen LogP) is 4.82. The molecule has 4 amide bonds. The molecule has 6 rings (SSSR count). The van der Waals surface area contributed by atoms with Crippen LogP contribution in [0.15, 0.2) is 17.3 Å². The third-order valence-electron chi connectivity index (χ3n) is 11.6. The van der Waals surface area contributed by atoms with Crippen molar-refractivity contribution >= 4 is 52.4 Å². The fourth-order valence-electron chi connectivity index (χ4n) is 8.50. The van der Waals surface area contributed by atoms with Gasteiger partial charge in [0.1, 0.15) is 12.1 Å². The summed E-state index contributed by atoms with van der Waals surface area (Å²) in [6.07, 6.45) is 10.6. The highest BCUT2D eigenvalue weighted by atomic mass is 35.5. The number of fused-ring (bicyclic) bond motifs is 1. The first-order valence-electron chi connectivity index (χ1n) is 19.7. The summed E-state index contributed by atoms with van der Waals surface area (Å²) in [7, 11) is 2.03. The van der Waals surface area contributed by atoms with Gasteiger partial charge in [-0.25, -0.2) is 0 Å². The number of ketones is 1. The molecule has 4 atom stereocenters. The predicted molar refractivity (Wildman–Crippen MR) is 204 cm³/mol. The molecule has 1 saturated heterocycles. The number of nitrogens with one attached hydrogen (secondary N) is 3. The van der Waals surface area contributed by atoms with Crippen LogP contribution < -0.4 is 20.9 Å². The third kappa shape index (κ3) is 9.01. The maximum absolute atomic E-state index is 14.7. The Morgan fingerprint density at radius 1 is 1.04 bits per heavy atom. The van der Waals surface area contributed by atoms with Gasteiger partial charge in [0.15, 0.2) is 5.60 Å². The minimum absolute atomic E-state index is 0.00509. The molecule has 1 aromatic carbocycles. The number of benzene rings is 1. The first-order valence-corrected chi connectivity index (χ1v) is 20.1. The van der Waals surface area contributed by atoms with Gasteiger partial charge in [-0.3, -0.25) is 24.0 Å². The van der Waals surface area contributed by atoms with Crippen molar-refractivity contribution in [3.8, 4) is 0 Å². The highest BCUT2D eigenvalue weighted by Gasteiger charge is 2.56. The summed E-state index contributed by atoms with van der Waals surface area (Å²) in [6.45, 7) is 8.56. The first-order chi connectivity index (χ1) is 25.2. The van der Waals surface area contributed by atoms with E-state index in [1.165, 1.54) is 11.3 Å². The topological polar surface area (TPSA) is 150 Å². The molecule has 1 spiro atoms. The molecule has 5 aliphatic rings. The highest BCUT2D eigenvalue weighted by molar-refractivity contribution is 6.38. The van der Waals surface area contributed by atoms with Crippen LogP contribution in [0.25, 0.3) is 0 Å². The lowest BCUT2D eigenvalue weighted by Gasteiger charge is -2.36. The summed E-state index contributed by atoms with van der Waals surface area (Å²) in [5.74, 6) is -2.22. The van der Waals surface area contributed by atoms with Crippen LogP contribution in [0.5, 0.6) is 0 Å². The highest BCUT2D eigenvalue weighted by Crippen LogP contribution is 2.42. The molecule has 0 radical (unpaired) electrons. The van der Waals surface area contributed by atoms with Crippen molar-refractivity contribution in [3.63, 3.8) is 0 Å². The summed E-state index contributed by atoms with van der Waals surface area (Å²) in [5, 5.41) is 13.8. The maximum Gasteiger partial charge on any atom is 0.289 e. The summed E-state index contributed by atoms with van der Waals surface area (Å²) >= 11 is 6.80. The standard InChI is InChI=1S/C40H57ClN6O6/c1-6-11-29(34(49)37(51)42-27-15-16-27)43-36(50)31-22-40(21-30(45-53-40)26-19-25-14-10-17-46(5)33(25)28(41)20-26)23-47(31)38(52)35(39(2,3)4)44-32(48)18-24-12-8-7-9-13-24/h19-20,24,27,29,31,35H,6-18,21-23H2,1-5H3,(H,42,51)(H,43,50)(H,44,48)/t29-,31-,35+,40+/m0/s1. The Morgan fingerprint density at radius 3 is 2.45 bits per heavy atom. The Labute approximate surface area is 318 Å². The van der Waals surface area contributed by atoms with Crippen molar-refractivity contribution in [1.29, 1.82) is 0 Å². The monoisotopic (exact) mass is 752 g/mol. The van der Waals surface area contributed by atoms with Gasteiger partial charge in [0.2, 0.25) is 23.5 Å². The average Bonchev–Trinajstić information content (AvgIpc) is 3.70. The van der Waals surface area contributed by atoms with Crippen LogP contribution in [0.2, 0.25) is 5.02 Å². The van der Waals surface area contributed by atoms with E-state index in [9.17, 15) is 24.0 Å². The summed E-state index contributed by atoms with van der Waals surface area (Å²) < 4.78 is 0. The van der Waals surface area contributed by atoms with Gasteiger partial charge in [-0.05, 0) is 74.0 Å². The van der Waals surface area contributed by atoms with E-state index in [1.54, 1.807) is 0 Å². The Kier molecular flexibility index (Phi) is 11.8. The number of rotatable bonds is 12. The molecule has 3 N–H and O–H groups in total. The van der Waals surface area contributed by atoms with Crippen molar-refractivity contribution in [2.24, 2.45) is 16.5 Å². The van der Waals surface area contributed by atoms with Gasteiger partial charge in [0.25, 0.3) is 5.91 Å². The smallest absolute Gasteiger partial charge is 0.289 e. The van der Waals surface area contributed by atoms with Crippen LogP contribution >= 0.6 is 11.6 Å². The van der Waals surface area contributed by atoms with Gasteiger partial charge in [-0.15, -0.1) is 0 Å². The quantitative estimate of drug-likeness (QED) is 0.259. The fourth-order valence-corrected chi connectivity index (χ4v) is 8.88. The van der Waals surface area contributed by atoms with Crippen LogP contribution in [0.1, 0.15) is 122 Å². The van der Waals surface area contributed by atoms with E-state index >= 15 is 0 Å². The normalized spacial score (nSPS) is 24.2. The van der Waals surface area contributed by atoms with Gasteiger partial charge in [0.05, 0.1) is 29.0 Å². The molecule has 0 bridgehead atoms. The zero-order chi connectivity index (χ0) is 38.1. The van der Waals surface area contributed by atoms with Gasteiger partial charge in [-0.2, -0.15) is 0 Å². The second-order valence-corrected chi connectivity index (χ2v) is 17.6. The molecule has 3 aliphatic heterocycles. The average molecular weight is 753 g/mol. The Morgan fingerprint density at radius 2 is 1.77 bits per heavy atom. The van der Waals surface area contributed by atoms with Gasteiger partial charge in [0, 0.05) is 44.5 Å². The van der Waals surface area contributed by atoms with E-state index in [2.05, 4.69) is 32.1 Å². The van der Waals surface area contributed by atoms with Crippen LogP contribution in [-0.4, -0.2) is 89.9 Å². The molecular weight excluding hydrogens is 696 g/mol. The van der Waals surface area contributed by atoms with Gasteiger partial charge >= 0.3 is 0 Å². The number of hydrogen-bond acceptors (Lipinski definition) is 8. The van der Waals surface area contributed by atoms with Crippen molar-refractivity contribution in [2.45, 2.75) is 147 Å². The Bertz CT molecular complexity index is 1630. The lowest BCUT2D eigenvalue weighted by molar-refractivity contribution is -0.145. The number of anilines is 1. The second kappa shape index (κ2) is 16.0. The number of nitrogens with zero attached hydrogens (tertiary/aromatic N) is 3. The molecule has 3 fully saturated rings. The lowest BCUT2D eigenvalue weighted by Crippen LogP contribution is -2.59. The molecule has 12 nitrogen and oxygen atoms in total. The van der Waals surface area contributed by atoms with Crippen LogP contribution in [-0.2, 0) is 35.2 Å². The molecule has 2 saturated carbocycles. The molecule has 3 heterocycles. The number of aryl methyl sites for hydroxylation is 1. The van der Waals surface area contributed by atoms with Crippen LogP contribution in [0.3, 0.4) is 0 Å². The molecule has 0 aromatic heterocycles. The zero-order valence-electron chi connectivity index (χ0n) is 32.0. The van der Waals surface area contributed by atoms with Gasteiger partial charge in [-0.1, -0.05) is 70.1 Å². The van der Waals surface area contributed by atoms with Gasteiger partial charge < -0.3 is 30.6 Å². The number of hydrogen-bond donors (Lipinski definition) is 3. The van der Waals surface area contributed by atoms with Crippen molar-refractivity contribution < 1.29 is 28.8 Å². The molecule has 2 aliphatic carbocycles. The minimum atomic E-state index is -1.04. The number of carbonyl (C=O) groups is 5. The number of oxime groups is 1. The number of amides is 4. The lowest BCUT2D eigenvalue weighted by atomic mass is 9.84. The molecule has 53 heavy (non-hydrogen) atoms. The third-order valence-corrected chi connectivity index (χ3v) is 11.9. The Hall–Kier alpha value is -3.67. The SMILES string of the molecule is CCC[C@H](NC(=O)[C@@H]1C[C@]2(CC(c3cc(Cl)c4c(c3)CCCN4C)=NO2)CN1C(=O)[C@@H](NC(=O)CC1CCCCC1)C(C)(C)C)C(=O)C(=O)NC1CC1. The van der Waals surface area contributed by atoms with E-state index in [0.717, 1.165) is 74.7 Å². The minimum Gasteiger partial charge on any atom is -0.387 e. The maximum atomic E-state index is 14.7. The molecular formula is C40H57ClN6O6. The summed E-state index contributed by atoms with van der Waals surface area (Å²) in [6, 6.07) is 1.01. The molecule has 0 unspecified atom stereocenters. The summed E-state index contributed by atoms with van der Waals surface area (Å²) in [4.78, 5) is 78.4. The fraction of sp³-hybridized carbons (Fsp3) is 0.700. The number of Topliss-reactive ketones (excluding diaryl/α,β-unsaturated/α-hetero) is 1. The van der Waals surface area contributed by atoms with Crippen molar-refractivity contribution in [3.05, 3.63) is 28.3 Å². The van der Waals surface area contributed by atoms with E-state index in [1.807, 2.05) is 40.8 Å².